The van der Waals surface area contributed by atoms with E-state index in [1.807, 2.05) is 13.8 Å². The smallest absolute Gasteiger partial charge is 0.219 e. The molecular formula is C8H11FN2O. The lowest BCUT2D eigenvalue weighted by Gasteiger charge is -2.10. The summed E-state index contributed by atoms with van der Waals surface area (Å²) in [7, 11) is 0. The van der Waals surface area contributed by atoms with Crippen molar-refractivity contribution in [1.82, 2.24) is 9.97 Å². The van der Waals surface area contributed by atoms with Crippen LogP contribution >= 0.6 is 0 Å². The molecule has 1 aromatic heterocycles. The molecule has 4 heteroatoms. The highest BCUT2D eigenvalue weighted by molar-refractivity contribution is 5.06. The normalized spacial score (nSPS) is 12.6. The van der Waals surface area contributed by atoms with Crippen LogP contribution in [-0.2, 0) is 0 Å². The van der Waals surface area contributed by atoms with Crippen LogP contribution < -0.4 is 4.74 Å². The molecule has 0 aliphatic heterocycles. The number of hydrogen-bond acceptors (Lipinski definition) is 3. The van der Waals surface area contributed by atoms with Crippen molar-refractivity contribution in [3.63, 3.8) is 0 Å². The summed E-state index contributed by atoms with van der Waals surface area (Å²) in [5, 5.41) is 0. The monoisotopic (exact) mass is 170 g/mol. The highest BCUT2D eigenvalue weighted by Gasteiger charge is 2.02. The zero-order chi connectivity index (χ0) is 8.97. The first-order chi connectivity index (χ1) is 5.72. The minimum Gasteiger partial charge on any atom is -0.475 e. The van der Waals surface area contributed by atoms with Gasteiger partial charge in [-0.2, -0.15) is 4.39 Å². The van der Waals surface area contributed by atoms with E-state index < -0.39 is 5.95 Å². The van der Waals surface area contributed by atoms with E-state index in [4.69, 9.17) is 4.74 Å². The molecular weight excluding hydrogens is 159 g/mol. The van der Waals surface area contributed by atoms with Crippen LogP contribution in [0.2, 0.25) is 0 Å². The van der Waals surface area contributed by atoms with Gasteiger partial charge in [-0.3, -0.25) is 0 Å². The topological polar surface area (TPSA) is 35.0 Å². The summed E-state index contributed by atoms with van der Waals surface area (Å²) < 4.78 is 17.7. The molecule has 0 fully saturated rings. The van der Waals surface area contributed by atoms with E-state index in [0.717, 1.165) is 12.7 Å². The lowest BCUT2D eigenvalue weighted by Crippen LogP contribution is -2.10. The van der Waals surface area contributed by atoms with Gasteiger partial charge in [0.15, 0.2) is 0 Å². The van der Waals surface area contributed by atoms with E-state index >= 15 is 0 Å². The minimum absolute atomic E-state index is 0.0549. The average Bonchev–Trinajstić information content (AvgIpc) is 2.04. The van der Waals surface area contributed by atoms with Gasteiger partial charge in [-0.15, -0.1) is 0 Å². The second-order valence-corrected chi connectivity index (χ2v) is 2.52. The fourth-order valence-electron chi connectivity index (χ4n) is 0.671. The third-order valence-corrected chi connectivity index (χ3v) is 1.51. The summed E-state index contributed by atoms with van der Waals surface area (Å²) >= 11 is 0. The summed E-state index contributed by atoms with van der Waals surface area (Å²) in [5.74, 6) is -0.278. The van der Waals surface area contributed by atoms with Crippen molar-refractivity contribution < 1.29 is 9.13 Å². The first-order valence-corrected chi connectivity index (χ1v) is 3.86. The molecule has 1 atom stereocenters. The van der Waals surface area contributed by atoms with Crippen LogP contribution in [0.4, 0.5) is 4.39 Å². The Hall–Kier alpha value is -1.19. The molecule has 0 aromatic carbocycles. The summed E-state index contributed by atoms with van der Waals surface area (Å²) in [4.78, 5) is 7.07. The first kappa shape index (κ1) is 8.90. The van der Waals surface area contributed by atoms with Crippen LogP contribution in [0, 0.1) is 5.95 Å². The van der Waals surface area contributed by atoms with Crippen molar-refractivity contribution in [3.8, 4) is 5.88 Å². The molecule has 1 rings (SSSR count). The van der Waals surface area contributed by atoms with E-state index in [2.05, 4.69) is 9.97 Å². The number of halogens is 1. The molecule has 0 aliphatic rings. The maximum Gasteiger partial charge on any atom is 0.219 e. The standard InChI is InChI=1S/C8H11FN2O/c1-3-6(2)12-8-4-7(9)10-5-11-8/h4-6H,3H2,1-2H3. The predicted molar refractivity (Wildman–Crippen MR) is 42.4 cm³/mol. The molecule has 0 radical (unpaired) electrons. The van der Waals surface area contributed by atoms with Gasteiger partial charge < -0.3 is 4.74 Å². The summed E-state index contributed by atoms with van der Waals surface area (Å²) in [6, 6.07) is 1.17. The van der Waals surface area contributed by atoms with E-state index in [1.54, 1.807) is 0 Å². The number of ether oxygens (including phenoxy) is 1. The second kappa shape index (κ2) is 3.99. The van der Waals surface area contributed by atoms with Gasteiger partial charge in [0.05, 0.1) is 12.2 Å². The second-order valence-electron chi connectivity index (χ2n) is 2.52. The molecule has 0 N–H and O–H groups in total. The minimum atomic E-state index is -0.566. The van der Waals surface area contributed by atoms with Gasteiger partial charge in [-0.1, -0.05) is 6.92 Å². The van der Waals surface area contributed by atoms with Crippen molar-refractivity contribution in [1.29, 1.82) is 0 Å². The summed E-state index contributed by atoms with van der Waals surface area (Å²) in [6.45, 7) is 3.89. The maximum atomic E-state index is 12.5. The molecule has 1 aromatic rings. The van der Waals surface area contributed by atoms with Crippen LogP contribution in [-0.4, -0.2) is 16.1 Å². The molecule has 0 spiro atoms. The number of aromatic nitrogens is 2. The fraction of sp³-hybridized carbons (Fsp3) is 0.500. The Morgan fingerprint density at radius 1 is 1.58 bits per heavy atom. The van der Waals surface area contributed by atoms with Crippen LogP contribution in [0.15, 0.2) is 12.4 Å². The quantitative estimate of drug-likeness (QED) is 0.649. The first-order valence-electron chi connectivity index (χ1n) is 3.86. The Morgan fingerprint density at radius 2 is 2.33 bits per heavy atom. The van der Waals surface area contributed by atoms with Gasteiger partial charge in [0, 0.05) is 0 Å². The van der Waals surface area contributed by atoms with Gasteiger partial charge in [-0.05, 0) is 13.3 Å². The van der Waals surface area contributed by atoms with Crippen molar-refractivity contribution in [2.24, 2.45) is 0 Å². The number of nitrogens with zero attached hydrogens (tertiary/aromatic N) is 2. The lowest BCUT2D eigenvalue weighted by molar-refractivity contribution is 0.207. The van der Waals surface area contributed by atoms with E-state index in [1.165, 1.54) is 6.07 Å². The third-order valence-electron chi connectivity index (χ3n) is 1.51. The van der Waals surface area contributed by atoms with Gasteiger partial charge >= 0.3 is 0 Å². The summed E-state index contributed by atoms with van der Waals surface area (Å²) in [6.07, 6.45) is 2.07. The largest absolute Gasteiger partial charge is 0.475 e. The fourth-order valence-corrected chi connectivity index (χ4v) is 0.671. The zero-order valence-electron chi connectivity index (χ0n) is 7.12. The van der Waals surface area contributed by atoms with Crippen LogP contribution in [0.3, 0.4) is 0 Å². The Bertz CT molecular complexity index is 255. The van der Waals surface area contributed by atoms with Gasteiger partial charge in [-0.25, -0.2) is 9.97 Å². The number of hydrogen-bond donors (Lipinski definition) is 0. The van der Waals surface area contributed by atoms with Crippen molar-refractivity contribution >= 4 is 0 Å². The van der Waals surface area contributed by atoms with Crippen molar-refractivity contribution in [2.75, 3.05) is 0 Å². The van der Waals surface area contributed by atoms with Crippen LogP contribution in [0.1, 0.15) is 20.3 Å². The molecule has 3 nitrogen and oxygen atoms in total. The van der Waals surface area contributed by atoms with Gasteiger partial charge in [0.2, 0.25) is 11.8 Å². The molecule has 66 valence electrons. The predicted octanol–water partition coefficient (Wildman–Crippen LogP) is 1.79. The Morgan fingerprint density at radius 3 is 2.92 bits per heavy atom. The summed E-state index contributed by atoms with van der Waals surface area (Å²) in [5.41, 5.74) is 0. The molecule has 0 amide bonds. The molecule has 0 saturated carbocycles. The highest BCUT2D eigenvalue weighted by Crippen LogP contribution is 2.08. The zero-order valence-corrected chi connectivity index (χ0v) is 7.12. The molecule has 0 bridgehead atoms. The Kier molecular flexibility index (Phi) is 2.96. The van der Waals surface area contributed by atoms with Crippen molar-refractivity contribution in [3.05, 3.63) is 18.3 Å². The van der Waals surface area contributed by atoms with Gasteiger partial charge in [0.1, 0.15) is 6.33 Å². The molecule has 1 heterocycles. The lowest BCUT2D eigenvalue weighted by atomic mass is 10.3. The van der Waals surface area contributed by atoms with E-state index in [9.17, 15) is 4.39 Å². The third kappa shape index (κ3) is 2.45. The molecule has 1 unspecified atom stereocenters. The van der Waals surface area contributed by atoms with Gasteiger partial charge in [0.25, 0.3) is 0 Å². The SMILES string of the molecule is CCC(C)Oc1cc(F)ncn1. The number of rotatable bonds is 3. The molecule has 0 saturated heterocycles. The maximum absolute atomic E-state index is 12.5. The molecule has 0 aliphatic carbocycles. The van der Waals surface area contributed by atoms with E-state index in [0.29, 0.717) is 0 Å². The van der Waals surface area contributed by atoms with Crippen LogP contribution in [0.5, 0.6) is 5.88 Å². The average molecular weight is 170 g/mol. The highest BCUT2D eigenvalue weighted by atomic mass is 19.1. The Balaban J connectivity index is 2.63. The van der Waals surface area contributed by atoms with E-state index in [-0.39, 0.29) is 12.0 Å². The van der Waals surface area contributed by atoms with Crippen LogP contribution in [0.25, 0.3) is 0 Å². The Labute approximate surface area is 70.6 Å². The van der Waals surface area contributed by atoms with Crippen molar-refractivity contribution in [2.45, 2.75) is 26.4 Å². The molecule has 12 heavy (non-hydrogen) atoms.